The molecule has 1 aromatic heterocycles. The molecule has 5 heteroatoms. The summed E-state index contributed by atoms with van der Waals surface area (Å²) in [5.74, 6) is 0.445. The van der Waals surface area contributed by atoms with E-state index >= 15 is 0 Å². The molecule has 1 N–H and O–H groups in total. The van der Waals surface area contributed by atoms with E-state index in [9.17, 15) is 4.79 Å². The summed E-state index contributed by atoms with van der Waals surface area (Å²) in [6, 6.07) is 11.0. The highest BCUT2D eigenvalue weighted by atomic mass is 16.5. The molecule has 0 aliphatic carbocycles. The van der Waals surface area contributed by atoms with E-state index in [0.29, 0.717) is 5.56 Å². The summed E-state index contributed by atoms with van der Waals surface area (Å²) in [5, 5.41) is 3.98. The van der Waals surface area contributed by atoms with Gasteiger partial charge in [0.15, 0.2) is 0 Å². The van der Waals surface area contributed by atoms with Crippen molar-refractivity contribution in [3.05, 3.63) is 59.9 Å². The Morgan fingerprint density at radius 1 is 1.36 bits per heavy atom. The van der Waals surface area contributed by atoms with Gasteiger partial charge in [0.25, 0.3) is 5.91 Å². The number of carbonyl (C=O) groups excluding carboxylic acids is 1. The Morgan fingerprint density at radius 2 is 2.18 bits per heavy atom. The number of carbonyl (C=O) groups is 1. The fourth-order valence-electron chi connectivity index (χ4n) is 1.72. The molecular weight excluding hydrogens is 278 g/mol. The Kier molecular flexibility index (Phi) is 5.65. The Balaban J connectivity index is 2.03. The largest absolute Gasteiger partial charge is 0.490 e. The van der Waals surface area contributed by atoms with Crippen LogP contribution in [0.2, 0.25) is 0 Å². The predicted molar refractivity (Wildman–Crippen MR) is 86.1 cm³/mol. The Bertz CT molecular complexity index is 641. The highest BCUT2D eigenvalue weighted by molar-refractivity contribution is 5.94. The minimum atomic E-state index is -0.301. The van der Waals surface area contributed by atoms with Crippen molar-refractivity contribution in [3.63, 3.8) is 0 Å². The van der Waals surface area contributed by atoms with Crippen molar-refractivity contribution in [1.29, 1.82) is 0 Å². The van der Waals surface area contributed by atoms with Gasteiger partial charge in [-0.1, -0.05) is 19.1 Å². The van der Waals surface area contributed by atoms with Crippen molar-refractivity contribution >= 4 is 12.1 Å². The van der Waals surface area contributed by atoms with E-state index in [2.05, 4.69) is 22.4 Å². The normalized spacial score (nSPS) is 12.1. The Hall–Kier alpha value is -2.69. The summed E-state index contributed by atoms with van der Waals surface area (Å²) < 4.78 is 5.82. The highest BCUT2D eigenvalue weighted by Gasteiger charge is 2.06. The second-order valence-electron chi connectivity index (χ2n) is 4.82. The van der Waals surface area contributed by atoms with Crippen molar-refractivity contribution < 1.29 is 9.53 Å². The molecule has 2 aromatic rings. The lowest BCUT2D eigenvalue weighted by Crippen LogP contribution is -2.17. The van der Waals surface area contributed by atoms with Crippen LogP contribution in [0.4, 0.5) is 0 Å². The molecule has 0 saturated heterocycles. The number of rotatable bonds is 6. The molecule has 0 radical (unpaired) electrons. The van der Waals surface area contributed by atoms with E-state index in [-0.39, 0.29) is 12.0 Å². The van der Waals surface area contributed by atoms with Crippen LogP contribution in [0.3, 0.4) is 0 Å². The van der Waals surface area contributed by atoms with Crippen LogP contribution in [0.25, 0.3) is 0 Å². The van der Waals surface area contributed by atoms with Gasteiger partial charge in [-0.25, -0.2) is 5.43 Å². The summed E-state index contributed by atoms with van der Waals surface area (Å²) in [4.78, 5) is 15.7. The van der Waals surface area contributed by atoms with Crippen molar-refractivity contribution in [3.8, 4) is 5.75 Å². The first kappa shape index (κ1) is 15.7. The molecule has 114 valence electrons. The molecule has 0 aliphatic rings. The first-order valence-corrected chi connectivity index (χ1v) is 7.19. The van der Waals surface area contributed by atoms with Gasteiger partial charge in [0.05, 0.1) is 17.9 Å². The standard InChI is InChI=1S/C17H19N3O2/c1-3-13(2)22-16-9-5-4-7-14(16)12-19-20-17(21)15-8-6-10-18-11-15/h4-13H,3H2,1-2H3,(H,20,21)/b19-12-/t13-/m0/s1. The van der Waals surface area contributed by atoms with Gasteiger partial charge in [0.1, 0.15) is 5.75 Å². The molecule has 2 rings (SSSR count). The maximum atomic E-state index is 11.8. The van der Waals surface area contributed by atoms with Crippen molar-refractivity contribution in [2.24, 2.45) is 5.10 Å². The zero-order valence-corrected chi connectivity index (χ0v) is 12.7. The summed E-state index contributed by atoms with van der Waals surface area (Å²) >= 11 is 0. The Morgan fingerprint density at radius 3 is 2.91 bits per heavy atom. The quantitative estimate of drug-likeness (QED) is 0.658. The summed E-state index contributed by atoms with van der Waals surface area (Å²) in [5.41, 5.74) is 3.75. The van der Waals surface area contributed by atoms with Crippen molar-refractivity contribution in [2.75, 3.05) is 0 Å². The molecule has 0 aliphatic heterocycles. The van der Waals surface area contributed by atoms with E-state index in [1.807, 2.05) is 31.2 Å². The number of nitrogens with one attached hydrogen (secondary N) is 1. The minimum absolute atomic E-state index is 0.125. The van der Waals surface area contributed by atoms with E-state index in [1.165, 1.54) is 6.20 Å². The molecule has 5 nitrogen and oxygen atoms in total. The number of benzene rings is 1. The Labute approximate surface area is 130 Å². The monoisotopic (exact) mass is 297 g/mol. The third-order valence-corrected chi connectivity index (χ3v) is 3.12. The SMILES string of the molecule is CC[C@H](C)Oc1ccccc1/C=N\NC(=O)c1cccnc1. The van der Waals surface area contributed by atoms with Gasteiger partial charge in [-0.05, 0) is 37.6 Å². The van der Waals surface area contributed by atoms with E-state index in [0.717, 1.165) is 17.7 Å². The number of pyridine rings is 1. The molecule has 22 heavy (non-hydrogen) atoms. The van der Waals surface area contributed by atoms with Gasteiger partial charge in [-0.15, -0.1) is 0 Å². The summed E-state index contributed by atoms with van der Waals surface area (Å²) in [6.45, 7) is 4.08. The zero-order chi connectivity index (χ0) is 15.8. The number of hydrazone groups is 1. The van der Waals surface area contributed by atoms with Crippen molar-refractivity contribution in [1.82, 2.24) is 10.4 Å². The molecular formula is C17H19N3O2. The highest BCUT2D eigenvalue weighted by Crippen LogP contribution is 2.18. The van der Waals surface area contributed by atoms with Gasteiger partial charge in [0, 0.05) is 18.0 Å². The number of hydrogen-bond donors (Lipinski definition) is 1. The van der Waals surface area contributed by atoms with E-state index in [1.54, 1.807) is 24.5 Å². The van der Waals surface area contributed by atoms with Crippen LogP contribution in [0.1, 0.15) is 36.2 Å². The number of amides is 1. The van der Waals surface area contributed by atoms with Crippen LogP contribution in [0.15, 0.2) is 53.9 Å². The first-order chi connectivity index (χ1) is 10.7. The maximum absolute atomic E-state index is 11.8. The van der Waals surface area contributed by atoms with Crippen LogP contribution in [-0.2, 0) is 0 Å². The molecule has 0 unspecified atom stereocenters. The average molecular weight is 297 g/mol. The molecule has 1 amide bonds. The van der Waals surface area contributed by atoms with Gasteiger partial charge in [-0.3, -0.25) is 9.78 Å². The van der Waals surface area contributed by atoms with Crippen molar-refractivity contribution in [2.45, 2.75) is 26.4 Å². The molecule has 1 aromatic carbocycles. The molecule has 0 bridgehead atoms. The summed E-state index contributed by atoms with van der Waals surface area (Å²) in [7, 11) is 0. The zero-order valence-electron chi connectivity index (χ0n) is 12.7. The molecule has 1 atom stereocenters. The molecule has 0 fully saturated rings. The molecule has 0 saturated carbocycles. The van der Waals surface area contributed by atoms with Gasteiger partial charge in [-0.2, -0.15) is 5.10 Å². The number of aromatic nitrogens is 1. The number of nitrogens with zero attached hydrogens (tertiary/aromatic N) is 2. The third-order valence-electron chi connectivity index (χ3n) is 3.12. The van der Waals surface area contributed by atoms with Crippen LogP contribution in [-0.4, -0.2) is 23.2 Å². The van der Waals surface area contributed by atoms with Gasteiger partial charge >= 0.3 is 0 Å². The van der Waals surface area contributed by atoms with Crippen LogP contribution in [0, 0.1) is 0 Å². The van der Waals surface area contributed by atoms with Crippen LogP contribution < -0.4 is 10.2 Å². The fourth-order valence-corrected chi connectivity index (χ4v) is 1.72. The van der Waals surface area contributed by atoms with E-state index in [4.69, 9.17) is 4.74 Å². The second kappa shape index (κ2) is 7.93. The lowest BCUT2D eigenvalue weighted by atomic mass is 10.2. The number of hydrogen-bond acceptors (Lipinski definition) is 4. The second-order valence-corrected chi connectivity index (χ2v) is 4.82. The van der Waals surface area contributed by atoms with Crippen LogP contribution >= 0.6 is 0 Å². The maximum Gasteiger partial charge on any atom is 0.272 e. The average Bonchev–Trinajstić information content (AvgIpc) is 2.57. The predicted octanol–water partition coefficient (Wildman–Crippen LogP) is 3.02. The fraction of sp³-hybridized carbons (Fsp3) is 0.235. The first-order valence-electron chi connectivity index (χ1n) is 7.19. The summed E-state index contributed by atoms with van der Waals surface area (Å²) in [6.07, 6.45) is 5.72. The molecule has 1 heterocycles. The van der Waals surface area contributed by atoms with Crippen LogP contribution in [0.5, 0.6) is 5.75 Å². The van der Waals surface area contributed by atoms with Gasteiger partial charge in [0.2, 0.25) is 0 Å². The smallest absolute Gasteiger partial charge is 0.272 e. The minimum Gasteiger partial charge on any atom is -0.490 e. The van der Waals surface area contributed by atoms with E-state index < -0.39 is 0 Å². The lowest BCUT2D eigenvalue weighted by Gasteiger charge is -2.14. The van der Waals surface area contributed by atoms with Gasteiger partial charge < -0.3 is 4.74 Å². The third kappa shape index (κ3) is 4.41. The number of para-hydroxylation sites is 1. The topological polar surface area (TPSA) is 63.6 Å². The lowest BCUT2D eigenvalue weighted by molar-refractivity contribution is 0.0954. The molecule has 0 spiro atoms. The number of ether oxygens (including phenoxy) is 1.